The number of nitrogens with zero attached hydrogens (tertiary/aromatic N) is 2. The average Bonchev–Trinajstić information content (AvgIpc) is 3.20. The second kappa shape index (κ2) is 8.85. The molecular weight excluding hydrogens is 373 g/mol. The van der Waals surface area contributed by atoms with Crippen molar-refractivity contribution in [3.63, 3.8) is 0 Å². The highest BCUT2D eigenvalue weighted by molar-refractivity contribution is 7.47. The van der Waals surface area contributed by atoms with Gasteiger partial charge in [0.15, 0.2) is 11.5 Å². The van der Waals surface area contributed by atoms with E-state index >= 15 is 0 Å². The van der Waals surface area contributed by atoms with Crippen LogP contribution in [0.5, 0.6) is 11.5 Å². The lowest BCUT2D eigenvalue weighted by Gasteiger charge is -2.18. The van der Waals surface area contributed by atoms with Crippen molar-refractivity contribution in [3.8, 4) is 11.5 Å². The smallest absolute Gasteiger partial charge is 0.161 e. The predicted molar refractivity (Wildman–Crippen MR) is 114 cm³/mol. The molecule has 2 unspecified atom stereocenters. The fourth-order valence-electron chi connectivity index (χ4n) is 3.02. The van der Waals surface area contributed by atoms with Gasteiger partial charge in [-0.15, -0.1) is 0 Å². The van der Waals surface area contributed by atoms with Crippen molar-refractivity contribution in [1.82, 2.24) is 15.2 Å². The molecule has 0 aliphatic rings. The third kappa shape index (κ3) is 4.49. The van der Waals surface area contributed by atoms with Gasteiger partial charge in [0.2, 0.25) is 0 Å². The summed E-state index contributed by atoms with van der Waals surface area (Å²) in [5.41, 5.74) is 10.7. The number of nitrogen functional groups attached to an aromatic ring is 1. The molecule has 146 valence electrons. The van der Waals surface area contributed by atoms with Crippen molar-refractivity contribution in [1.29, 1.82) is 5.41 Å². The average molecular weight is 397 g/mol. The molecule has 0 radical (unpaired) electrons. The summed E-state index contributed by atoms with van der Waals surface area (Å²) in [6, 6.07) is 11.2. The number of benzene rings is 2. The van der Waals surface area contributed by atoms with Gasteiger partial charge in [-0.3, -0.25) is 10.5 Å². The van der Waals surface area contributed by atoms with Crippen molar-refractivity contribution in [3.05, 3.63) is 59.4 Å². The quantitative estimate of drug-likeness (QED) is 0.308. The largest absolute Gasteiger partial charge is 0.493 e. The molecule has 8 heteroatoms. The normalized spacial score (nSPS) is 12.2. The summed E-state index contributed by atoms with van der Waals surface area (Å²) in [5, 5.41) is 15.6. The van der Waals surface area contributed by atoms with E-state index in [9.17, 15) is 0 Å². The van der Waals surface area contributed by atoms with Gasteiger partial charge in [-0.25, -0.2) is 4.98 Å². The first kappa shape index (κ1) is 19.8. The van der Waals surface area contributed by atoms with E-state index in [1.165, 1.54) is 6.33 Å². The number of hydrogen-bond acceptors (Lipinski definition) is 6. The predicted octanol–water partition coefficient (Wildman–Crippen LogP) is 2.76. The molecular formula is C20H24N5O2P. The maximum atomic E-state index is 8.76. The van der Waals surface area contributed by atoms with Gasteiger partial charge in [0.25, 0.3) is 0 Å². The molecule has 1 aromatic heterocycles. The summed E-state index contributed by atoms with van der Waals surface area (Å²) in [4.78, 5) is 4.22. The zero-order chi connectivity index (χ0) is 20.1. The van der Waals surface area contributed by atoms with Crippen LogP contribution in [0.3, 0.4) is 0 Å². The number of rotatable bonds is 8. The lowest BCUT2D eigenvalue weighted by atomic mass is 9.94. The molecule has 1 heterocycles. The highest BCUT2D eigenvalue weighted by Crippen LogP contribution is 2.34. The van der Waals surface area contributed by atoms with Crippen LogP contribution in [0, 0.1) is 5.41 Å². The van der Waals surface area contributed by atoms with Gasteiger partial charge in [0.1, 0.15) is 11.9 Å². The maximum Gasteiger partial charge on any atom is 0.161 e. The minimum Gasteiger partial charge on any atom is -0.493 e. The Labute approximate surface area is 166 Å². The molecule has 0 saturated heterocycles. The summed E-state index contributed by atoms with van der Waals surface area (Å²) in [6.45, 7) is 2.16. The van der Waals surface area contributed by atoms with E-state index in [1.54, 1.807) is 26.4 Å². The number of hydrogen-bond donors (Lipinski definition) is 3. The molecule has 0 amide bonds. The van der Waals surface area contributed by atoms with Crippen molar-refractivity contribution >= 4 is 25.5 Å². The molecule has 2 aromatic carbocycles. The van der Waals surface area contributed by atoms with Crippen LogP contribution >= 0.6 is 8.58 Å². The fourth-order valence-corrected chi connectivity index (χ4v) is 4.07. The van der Waals surface area contributed by atoms with Crippen LogP contribution in [0.15, 0.2) is 42.7 Å². The molecule has 2 atom stereocenters. The van der Waals surface area contributed by atoms with Gasteiger partial charge in [-0.05, 0) is 50.5 Å². The second-order valence-corrected chi connectivity index (χ2v) is 8.19. The first-order chi connectivity index (χ1) is 13.5. The first-order valence-electron chi connectivity index (χ1n) is 8.83. The summed E-state index contributed by atoms with van der Waals surface area (Å²) >= 11 is 0. The van der Waals surface area contributed by atoms with Crippen molar-refractivity contribution in [2.24, 2.45) is 0 Å². The van der Waals surface area contributed by atoms with Gasteiger partial charge in [-0.2, -0.15) is 5.10 Å². The Morgan fingerprint density at radius 2 is 1.86 bits per heavy atom. The number of aromatic amines is 1. The molecule has 0 saturated carbocycles. The Morgan fingerprint density at radius 1 is 1.18 bits per heavy atom. The minimum absolute atomic E-state index is 0.323. The number of aromatic nitrogens is 3. The monoisotopic (exact) mass is 397 g/mol. The Balaban J connectivity index is 1.96. The molecule has 28 heavy (non-hydrogen) atoms. The van der Waals surface area contributed by atoms with Crippen LogP contribution in [-0.4, -0.2) is 40.8 Å². The van der Waals surface area contributed by atoms with Gasteiger partial charge < -0.3 is 15.2 Å². The molecule has 4 N–H and O–H groups in total. The standard InChI is InChI=1S/C20H24N5O2P/c1-12(28-20-23-11-24-25-20)8-14-9-17(26-2)18(27-3)10-16(14)19(22)13-4-6-15(21)7-5-13/h4-7,9-12,22,28H,8,21H2,1-3H3,(H,23,24,25). The molecule has 7 nitrogen and oxygen atoms in total. The molecule has 0 bridgehead atoms. The van der Waals surface area contributed by atoms with Gasteiger partial charge in [-0.1, -0.05) is 19.1 Å². The Kier molecular flexibility index (Phi) is 6.26. The van der Waals surface area contributed by atoms with Gasteiger partial charge in [0, 0.05) is 16.8 Å². The number of ether oxygens (including phenoxy) is 2. The van der Waals surface area contributed by atoms with E-state index in [-0.39, 0.29) is 0 Å². The first-order valence-corrected chi connectivity index (χ1v) is 9.91. The second-order valence-electron chi connectivity index (χ2n) is 6.44. The highest BCUT2D eigenvalue weighted by atomic mass is 31.1. The third-order valence-corrected chi connectivity index (χ3v) is 5.61. The van der Waals surface area contributed by atoms with E-state index in [2.05, 4.69) is 22.1 Å². The Hall–Kier alpha value is -2.92. The van der Waals surface area contributed by atoms with Crippen LogP contribution in [0.1, 0.15) is 23.6 Å². The summed E-state index contributed by atoms with van der Waals surface area (Å²) in [5.74, 6) is 1.26. The summed E-state index contributed by atoms with van der Waals surface area (Å²) < 4.78 is 10.9. The van der Waals surface area contributed by atoms with Crippen LogP contribution < -0.4 is 20.8 Å². The molecule has 3 rings (SSSR count). The maximum absolute atomic E-state index is 8.76. The zero-order valence-electron chi connectivity index (χ0n) is 16.1. The third-order valence-electron chi connectivity index (χ3n) is 4.40. The number of anilines is 1. The summed E-state index contributed by atoms with van der Waals surface area (Å²) in [7, 11) is 3.71. The molecule has 0 aliphatic carbocycles. The minimum atomic E-state index is 0.323. The number of H-pyrrole nitrogens is 1. The number of methoxy groups -OCH3 is 2. The lowest BCUT2D eigenvalue weighted by molar-refractivity contribution is 0.354. The zero-order valence-corrected chi connectivity index (χ0v) is 17.1. The Morgan fingerprint density at radius 3 is 2.46 bits per heavy atom. The topological polar surface area (TPSA) is 110 Å². The van der Waals surface area contributed by atoms with Crippen LogP contribution in [0.25, 0.3) is 0 Å². The van der Waals surface area contributed by atoms with Gasteiger partial charge >= 0.3 is 0 Å². The van der Waals surface area contributed by atoms with E-state index in [0.717, 1.165) is 28.7 Å². The molecule has 0 fully saturated rings. The van der Waals surface area contributed by atoms with Crippen LogP contribution in [0.2, 0.25) is 0 Å². The van der Waals surface area contributed by atoms with E-state index in [4.69, 9.17) is 20.6 Å². The van der Waals surface area contributed by atoms with E-state index < -0.39 is 0 Å². The van der Waals surface area contributed by atoms with Crippen LogP contribution in [0.4, 0.5) is 5.69 Å². The molecule has 3 aromatic rings. The van der Waals surface area contributed by atoms with E-state index in [0.29, 0.717) is 37.1 Å². The van der Waals surface area contributed by atoms with E-state index in [1.807, 2.05) is 24.3 Å². The van der Waals surface area contributed by atoms with Crippen molar-refractivity contribution in [2.45, 2.75) is 19.0 Å². The SMILES string of the molecule is COc1cc(CC(C)Pc2ncn[nH]2)c(C(=N)c2ccc(N)cc2)cc1OC. The number of nitrogens with one attached hydrogen (secondary N) is 2. The van der Waals surface area contributed by atoms with Crippen molar-refractivity contribution < 1.29 is 9.47 Å². The number of nitrogens with two attached hydrogens (primary N) is 1. The lowest BCUT2D eigenvalue weighted by Crippen LogP contribution is -2.13. The molecule has 0 spiro atoms. The van der Waals surface area contributed by atoms with Crippen molar-refractivity contribution in [2.75, 3.05) is 20.0 Å². The summed E-state index contributed by atoms with van der Waals surface area (Å²) in [6.07, 6.45) is 2.29. The highest BCUT2D eigenvalue weighted by Gasteiger charge is 2.18. The van der Waals surface area contributed by atoms with Gasteiger partial charge in [0.05, 0.1) is 19.9 Å². The fraction of sp³-hybridized carbons (Fsp3) is 0.250. The Bertz CT molecular complexity index is 942. The molecule has 0 aliphatic heterocycles. The van der Waals surface area contributed by atoms with Crippen LogP contribution in [-0.2, 0) is 6.42 Å².